The van der Waals surface area contributed by atoms with Gasteiger partial charge in [0.15, 0.2) is 0 Å². The lowest BCUT2D eigenvalue weighted by Gasteiger charge is -2.35. The van der Waals surface area contributed by atoms with Crippen LogP contribution in [0, 0.1) is 0 Å². The second-order valence-electron chi connectivity index (χ2n) is 10.6. The standard InChI is InChI=1S/C35H28ClN5O3/c36-27-13-7-12-26(22-27)35(42)41-19-17-40(18-20-41)33-31-32(25-11-8-16-29(23-25)43-28-14-5-2-6-15-28)39-44-34(31)38-30(37-33)21-24-9-3-1-4-10-24/h1-16,22-23H,17-21H2. The maximum atomic E-state index is 13.2. The zero-order valence-corrected chi connectivity index (χ0v) is 24.5. The molecule has 0 atom stereocenters. The summed E-state index contributed by atoms with van der Waals surface area (Å²) in [6.45, 7) is 2.24. The van der Waals surface area contributed by atoms with Crippen LogP contribution in [0.4, 0.5) is 5.82 Å². The number of carbonyl (C=O) groups excluding carboxylic acids is 1. The van der Waals surface area contributed by atoms with Crippen LogP contribution in [-0.2, 0) is 6.42 Å². The first-order valence-corrected chi connectivity index (χ1v) is 14.8. The summed E-state index contributed by atoms with van der Waals surface area (Å²) in [6.07, 6.45) is 0.549. The second kappa shape index (κ2) is 12.2. The maximum absolute atomic E-state index is 13.2. The molecule has 1 fully saturated rings. The third-order valence-corrected chi connectivity index (χ3v) is 7.83. The molecule has 4 aromatic carbocycles. The fraction of sp³-hybridized carbons (Fsp3) is 0.143. The van der Waals surface area contributed by atoms with Crippen LogP contribution >= 0.6 is 11.6 Å². The fourth-order valence-electron chi connectivity index (χ4n) is 5.42. The highest BCUT2D eigenvalue weighted by molar-refractivity contribution is 6.31. The average Bonchev–Trinajstić information content (AvgIpc) is 3.49. The number of amides is 1. The quantitative estimate of drug-likeness (QED) is 0.190. The molecule has 1 aliphatic heterocycles. The SMILES string of the molecule is O=C(c1cccc(Cl)c1)N1CCN(c2nc(Cc3ccccc3)nc3onc(-c4cccc(Oc5ccccc5)c4)c23)CC1. The Morgan fingerprint density at radius 2 is 1.52 bits per heavy atom. The summed E-state index contributed by atoms with van der Waals surface area (Å²) < 4.78 is 11.9. The van der Waals surface area contributed by atoms with Gasteiger partial charge in [-0.25, -0.2) is 4.98 Å². The minimum Gasteiger partial charge on any atom is -0.457 e. The Kier molecular flexibility index (Phi) is 7.65. The molecule has 1 amide bonds. The summed E-state index contributed by atoms with van der Waals surface area (Å²) in [7, 11) is 0. The number of para-hydroxylation sites is 1. The predicted molar refractivity (Wildman–Crippen MR) is 170 cm³/mol. The number of fused-ring (bicyclic) bond motifs is 1. The molecule has 0 bridgehead atoms. The zero-order valence-electron chi connectivity index (χ0n) is 23.8. The Morgan fingerprint density at radius 1 is 0.795 bits per heavy atom. The smallest absolute Gasteiger partial charge is 0.263 e. The van der Waals surface area contributed by atoms with E-state index in [1.165, 1.54) is 0 Å². The normalized spacial score (nSPS) is 13.3. The molecule has 0 saturated carbocycles. The van der Waals surface area contributed by atoms with Gasteiger partial charge in [0.25, 0.3) is 11.6 Å². The number of benzene rings is 4. The van der Waals surface area contributed by atoms with Gasteiger partial charge in [-0.1, -0.05) is 83.5 Å². The lowest BCUT2D eigenvalue weighted by atomic mass is 10.1. The van der Waals surface area contributed by atoms with E-state index >= 15 is 0 Å². The number of anilines is 1. The third-order valence-electron chi connectivity index (χ3n) is 7.59. The molecular weight excluding hydrogens is 574 g/mol. The Labute approximate surface area is 259 Å². The van der Waals surface area contributed by atoms with Crippen molar-refractivity contribution in [3.05, 3.63) is 131 Å². The first kappa shape index (κ1) is 27.6. The summed E-state index contributed by atoms with van der Waals surface area (Å²) in [4.78, 5) is 27.1. The summed E-state index contributed by atoms with van der Waals surface area (Å²) >= 11 is 6.15. The number of hydrogen-bond donors (Lipinski definition) is 0. The van der Waals surface area contributed by atoms with Gasteiger partial charge in [0.1, 0.15) is 34.2 Å². The highest BCUT2D eigenvalue weighted by Gasteiger charge is 2.28. The van der Waals surface area contributed by atoms with Gasteiger partial charge < -0.3 is 19.1 Å². The van der Waals surface area contributed by atoms with Gasteiger partial charge in [-0.05, 0) is 48.0 Å². The van der Waals surface area contributed by atoms with Gasteiger partial charge in [0.05, 0.1) is 0 Å². The topological polar surface area (TPSA) is 84.6 Å². The van der Waals surface area contributed by atoms with E-state index in [1.54, 1.807) is 24.3 Å². The van der Waals surface area contributed by atoms with Crippen molar-refractivity contribution in [2.24, 2.45) is 0 Å². The molecular formula is C35H28ClN5O3. The molecule has 1 aliphatic rings. The molecule has 2 aromatic heterocycles. The summed E-state index contributed by atoms with van der Waals surface area (Å²) in [6, 6.07) is 34.6. The first-order valence-electron chi connectivity index (χ1n) is 14.4. The van der Waals surface area contributed by atoms with Gasteiger partial charge >= 0.3 is 0 Å². The average molecular weight is 602 g/mol. The van der Waals surface area contributed by atoms with Gasteiger partial charge in [0, 0.05) is 48.7 Å². The van der Waals surface area contributed by atoms with E-state index < -0.39 is 0 Å². The monoisotopic (exact) mass is 601 g/mol. The van der Waals surface area contributed by atoms with Crippen LogP contribution in [0.3, 0.4) is 0 Å². The molecule has 0 unspecified atom stereocenters. The van der Waals surface area contributed by atoms with E-state index in [2.05, 4.69) is 22.2 Å². The van der Waals surface area contributed by atoms with E-state index in [0.717, 1.165) is 28.1 Å². The summed E-state index contributed by atoms with van der Waals surface area (Å²) in [5.41, 5.74) is 3.56. The van der Waals surface area contributed by atoms with Crippen LogP contribution in [0.5, 0.6) is 11.5 Å². The van der Waals surface area contributed by atoms with Crippen molar-refractivity contribution >= 4 is 34.4 Å². The van der Waals surface area contributed by atoms with Crippen LogP contribution in [0.15, 0.2) is 114 Å². The minimum absolute atomic E-state index is 0.0364. The summed E-state index contributed by atoms with van der Waals surface area (Å²) in [5, 5.41) is 5.75. The molecule has 6 aromatic rings. The number of hydrogen-bond acceptors (Lipinski definition) is 7. The second-order valence-corrected chi connectivity index (χ2v) is 11.0. The lowest BCUT2D eigenvalue weighted by molar-refractivity contribution is 0.0746. The molecule has 8 nitrogen and oxygen atoms in total. The van der Waals surface area contributed by atoms with Crippen LogP contribution < -0.4 is 9.64 Å². The van der Waals surface area contributed by atoms with Crippen LogP contribution in [-0.4, -0.2) is 52.1 Å². The molecule has 0 spiro atoms. The number of piperazine rings is 1. The number of halogens is 1. The van der Waals surface area contributed by atoms with E-state index in [9.17, 15) is 4.79 Å². The van der Waals surface area contributed by atoms with Crippen molar-refractivity contribution < 1.29 is 14.1 Å². The highest BCUT2D eigenvalue weighted by atomic mass is 35.5. The Balaban J connectivity index is 1.23. The number of rotatable bonds is 7. The predicted octanol–water partition coefficient (Wildman–Crippen LogP) is 7.28. The zero-order chi connectivity index (χ0) is 29.9. The molecule has 44 heavy (non-hydrogen) atoms. The van der Waals surface area contributed by atoms with Crippen molar-refractivity contribution in [2.75, 3.05) is 31.1 Å². The molecule has 9 heteroatoms. The first-order chi connectivity index (χ1) is 21.6. The van der Waals surface area contributed by atoms with Crippen molar-refractivity contribution in [1.29, 1.82) is 0 Å². The van der Waals surface area contributed by atoms with Gasteiger partial charge in [-0.3, -0.25) is 4.79 Å². The number of carbonyl (C=O) groups is 1. The summed E-state index contributed by atoms with van der Waals surface area (Å²) in [5.74, 6) is 2.77. The molecule has 0 N–H and O–H groups in total. The van der Waals surface area contributed by atoms with Crippen molar-refractivity contribution in [3.63, 3.8) is 0 Å². The van der Waals surface area contributed by atoms with Crippen molar-refractivity contribution in [2.45, 2.75) is 6.42 Å². The van der Waals surface area contributed by atoms with E-state index in [1.807, 2.05) is 77.7 Å². The van der Waals surface area contributed by atoms with E-state index in [-0.39, 0.29) is 5.91 Å². The molecule has 1 saturated heterocycles. The molecule has 3 heterocycles. The molecule has 7 rings (SSSR count). The van der Waals surface area contributed by atoms with Crippen LogP contribution in [0.2, 0.25) is 5.02 Å². The number of ether oxygens (including phenoxy) is 1. The minimum atomic E-state index is -0.0364. The highest BCUT2D eigenvalue weighted by Crippen LogP contribution is 2.36. The number of aromatic nitrogens is 3. The lowest BCUT2D eigenvalue weighted by Crippen LogP contribution is -2.49. The largest absolute Gasteiger partial charge is 0.457 e. The van der Waals surface area contributed by atoms with Crippen molar-refractivity contribution in [3.8, 4) is 22.8 Å². The van der Waals surface area contributed by atoms with Crippen LogP contribution in [0.1, 0.15) is 21.7 Å². The Hall–Kier alpha value is -5.21. The van der Waals surface area contributed by atoms with E-state index in [4.69, 9.17) is 30.8 Å². The third kappa shape index (κ3) is 5.85. The Morgan fingerprint density at radius 3 is 2.30 bits per heavy atom. The number of nitrogens with zero attached hydrogens (tertiary/aromatic N) is 5. The van der Waals surface area contributed by atoms with Gasteiger partial charge in [0.2, 0.25) is 0 Å². The molecule has 0 aliphatic carbocycles. The van der Waals surface area contributed by atoms with Gasteiger partial charge in [-0.15, -0.1) is 0 Å². The van der Waals surface area contributed by atoms with Gasteiger partial charge in [-0.2, -0.15) is 4.98 Å². The maximum Gasteiger partial charge on any atom is 0.263 e. The Bertz CT molecular complexity index is 1920. The molecule has 0 radical (unpaired) electrons. The molecule has 218 valence electrons. The van der Waals surface area contributed by atoms with Crippen LogP contribution in [0.25, 0.3) is 22.4 Å². The van der Waals surface area contributed by atoms with Crippen molar-refractivity contribution in [1.82, 2.24) is 20.0 Å². The fourth-order valence-corrected chi connectivity index (χ4v) is 5.61. The van der Waals surface area contributed by atoms with E-state index in [0.29, 0.717) is 66.2 Å².